The Morgan fingerprint density at radius 1 is 1.33 bits per heavy atom. The lowest BCUT2D eigenvalue weighted by Crippen LogP contribution is -2.00. The van der Waals surface area contributed by atoms with Gasteiger partial charge in [-0.05, 0) is 30.7 Å². The van der Waals surface area contributed by atoms with Gasteiger partial charge in [-0.25, -0.2) is 4.39 Å². The molecule has 0 amide bonds. The maximum Gasteiger partial charge on any atom is 0.123 e. The van der Waals surface area contributed by atoms with E-state index in [9.17, 15) is 4.39 Å². The van der Waals surface area contributed by atoms with Crippen LogP contribution in [0.5, 0.6) is 5.75 Å². The Morgan fingerprint density at radius 3 is 2.53 bits per heavy atom. The number of halogens is 1. The largest absolute Gasteiger partial charge is 0.493 e. The molecule has 0 saturated heterocycles. The van der Waals surface area contributed by atoms with Crippen molar-refractivity contribution >= 4 is 0 Å². The Bertz CT molecular complexity index is 274. The molecule has 1 N–H and O–H groups in total. The molecule has 1 aromatic carbocycles. The molecule has 0 spiro atoms. The first-order chi connectivity index (χ1) is 7.24. The van der Waals surface area contributed by atoms with E-state index in [-0.39, 0.29) is 12.4 Å². The molecule has 0 unspecified atom stereocenters. The molecule has 0 radical (unpaired) electrons. The van der Waals surface area contributed by atoms with Crippen LogP contribution in [0.1, 0.15) is 25.8 Å². The molecule has 0 aliphatic heterocycles. The third kappa shape index (κ3) is 5.37. The van der Waals surface area contributed by atoms with Crippen molar-refractivity contribution in [2.24, 2.45) is 0 Å². The number of benzene rings is 1. The molecule has 1 aromatic rings. The number of aliphatic hydroxyl groups excluding tert-OH is 1. The van der Waals surface area contributed by atoms with Crippen molar-refractivity contribution in [2.45, 2.75) is 27.2 Å². The summed E-state index contributed by atoms with van der Waals surface area (Å²) in [6.45, 7) is 6.36. The lowest BCUT2D eigenvalue weighted by atomic mass is 10.2. The zero-order chi connectivity index (χ0) is 11.7. The van der Waals surface area contributed by atoms with E-state index in [1.807, 2.05) is 13.8 Å². The standard InChI is InChI=1S/C10H13FO2.C2H6/c1-8-7-9(11)3-4-10(8)13-6-2-5-12;1-2/h3-4,7,12H,2,5-6H2,1H3;1-2H3. The maximum absolute atomic E-state index is 12.6. The van der Waals surface area contributed by atoms with E-state index >= 15 is 0 Å². The van der Waals surface area contributed by atoms with E-state index in [1.54, 1.807) is 13.0 Å². The minimum Gasteiger partial charge on any atom is -0.493 e. The minimum atomic E-state index is -0.257. The average molecular weight is 214 g/mol. The third-order valence-electron chi connectivity index (χ3n) is 1.70. The smallest absolute Gasteiger partial charge is 0.123 e. The van der Waals surface area contributed by atoms with Gasteiger partial charge in [0.05, 0.1) is 6.61 Å². The summed E-state index contributed by atoms with van der Waals surface area (Å²) in [7, 11) is 0. The Kier molecular flexibility index (Phi) is 7.64. The minimum absolute atomic E-state index is 0.111. The highest BCUT2D eigenvalue weighted by Gasteiger charge is 1.99. The van der Waals surface area contributed by atoms with Crippen molar-refractivity contribution in [3.63, 3.8) is 0 Å². The molecule has 86 valence electrons. The van der Waals surface area contributed by atoms with E-state index < -0.39 is 0 Å². The second-order valence-electron chi connectivity index (χ2n) is 2.84. The van der Waals surface area contributed by atoms with Gasteiger partial charge in [-0.15, -0.1) is 0 Å². The molecule has 3 heteroatoms. The van der Waals surface area contributed by atoms with E-state index in [4.69, 9.17) is 9.84 Å². The van der Waals surface area contributed by atoms with Crippen LogP contribution in [-0.4, -0.2) is 18.3 Å². The third-order valence-corrected chi connectivity index (χ3v) is 1.70. The van der Waals surface area contributed by atoms with E-state index in [0.717, 1.165) is 5.56 Å². The Balaban J connectivity index is 0.000000921. The summed E-state index contributed by atoms with van der Waals surface area (Å²) in [5.41, 5.74) is 0.776. The zero-order valence-electron chi connectivity index (χ0n) is 9.59. The summed E-state index contributed by atoms with van der Waals surface area (Å²) in [5.74, 6) is 0.418. The summed E-state index contributed by atoms with van der Waals surface area (Å²) in [6.07, 6.45) is 0.594. The second-order valence-corrected chi connectivity index (χ2v) is 2.84. The van der Waals surface area contributed by atoms with Crippen molar-refractivity contribution < 1.29 is 14.2 Å². The molecule has 1 rings (SSSR count). The fraction of sp³-hybridized carbons (Fsp3) is 0.500. The topological polar surface area (TPSA) is 29.5 Å². The summed E-state index contributed by atoms with van der Waals surface area (Å²) >= 11 is 0. The highest BCUT2D eigenvalue weighted by molar-refractivity contribution is 5.32. The van der Waals surface area contributed by atoms with E-state index in [0.29, 0.717) is 18.8 Å². The normalized spacial score (nSPS) is 9.13. The number of rotatable bonds is 4. The molecule has 0 bridgehead atoms. The van der Waals surface area contributed by atoms with Gasteiger partial charge in [0, 0.05) is 13.0 Å². The van der Waals surface area contributed by atoms with Crippen LogP contribution in [0.2, 0.25) is 0 Å². The molecule has 0 fully saturated rings. The summed E-state index contributed by atoms with van der Waals surface area (Å²) in [4.78, 5) is 0. The number of hydrogen-bond donors (Lipinski definition) is 1. The van der Waals surface area contributed by atoms with Gasteiger partial charge in [-0.2, -0.15) is 0 Å². The fourth-order valence-electron chi connectivity index (χ4n) is 1.02. The predicted octanol–water partition coefficient (Wildman–Crippen LogP) is 2.92. The molecule has 0 aliphatic rings. The highest BCUT2D eigenvalue weighted by atomic mass is 19.1. The molecule has 15 heavy (non-hydrogen) atoms. The van der Waals surface area contributed by atoms with Crippen molar-refractivity contribution in [1.29, 1.82) is 0 Å². The summed E-state index contributed by atoms with van der Waals surface area (Å²) in [6, 6.07) is 4.39. The van der Waals surface area contributed by atoms with Gasteiger partial charge in [0.1, 0.15) is 11.6 Å². The van der Waals surface area contributed by atoms with Crippen LogP contribution in [0.25, 0.3) is 0 Å². The lowest BCUT2D eigenvalue weighted by Gasteiger charge is -2.07. The molecule has 0 saturated carbocycles. The number of aryl methyl sites for hydroxylation is 1. The van der Waals surface area contributed by atoms with Crippen LogP contribution in [0.3, 0.4) is 0 Å². The molecule has 2 nitrogen and oxygen atoms in total. The van der Waals surface area contributed by atoms with Gasteiger partial charge in [0.15, 0.2) is 0 Å². The van der Waals surface area contributed by atoms with Crippen LogP contribution in [-0.2, 0) is 0 Å². The number of aliphatic hydroxyl groups is 1. The molecule has 0 heterocycles. The monoisotopic (exact) mass is 214 g/mol. The van der Waals surface area contributed by atoms with Crippen LogP contribution in [0, 0.1) is 12.7 Å². The average Bonchev–Trinajstić information content (AvgIpc) is 2.24. The van der Waals surface area contributed by atoms with Gasteiger partial charge in [-0.1, -0.05) is 13.8 Å². The maximum atomic E-state index is 12.6. The van der Waals surface area contributed by atoms with Crippen molar-refractivity contribution in [1.82, 2.24) is 0 Å². The summed E-state index contributed by atoms with van der Waals surface area (Å²) in [5, 5.41) is 8.52. The molecule has 0 aromatic heterocycles. The number of ether oxygens (including phenoxy) is 1. The fourth-order valence-corrected chi connectivity index (χ4v) is 1.02. The highest BCUT2D eigenvalue weighted by Crippen LogP contribution is 2.18. The van der Waals surface area contributed by atoms with Gasteiger partial charge in [0.2, 0.25) is 0 Å². The lowest BCUT2D eigenvalue weighted by molar-refractivity contribution is 0.233. The first-order valence-corrected chi connectivity index (χ1v) is 5.24. The summed E-state index contributed by atoms with van der Waals surface area (Å²) < 4.78 is 17.9. The van der Waals surface area contributed by atoms with Crippen molar-refractivity contribution in [2.75, 3.05) is 13.2 Å². The Morgan fingerprint density at radius 2 is 2.00 bits per heavy atom. The first kappa shape index (κ1) is 13.9. The van der Waals surface area contributed by atoms with Crippen molar-refractivity contribution in [3.05, 3.63) is 29.6 Å². The SMILES string of the molecule is CC.Cc1cc(F)ccc1OCCCO. The molecule has 0 aliphatic carbocycles. The van der Waals surface area contributed by atoms with Crippen LogP contribution < -0.4 is 4.74 Å². The van der Waals surface area contributed by atoms with Crippen LogP contribution in [0.4, 0.5) is 4.39 Å². The zero-order valence-corrected chi connectivity index (χ0v) is 9.59. The van der Waals surface area contributed by atoms with E-state index in [1.165, 1.54) is 12.1 Å². The predicted molar refractivity (Wildman–Crippen MR) is 59.7 cm³/mol. The Labute approximate surface area is 90.7 Å². The van der Waals surface area contributed by atoms with E-state index in [2.05, 4.69) is 0 Å². The van der Waals surface area contributed by atoms with Gasteiger partial charge in [0.25, 0.3) is 0 Å². The van der Waals surface area contributed by atoms with Crippen molar-refractivity contribution in [3.8, 4) is 5.75 Å². The number of hydrogen-bond acceptors (Lipinski definition) is 2. The molecular weight excluding hydrogens is 195 g/mol. The first-order valence-electron chi connectivity index (χ1n) is 5.24. The van der Waals surface area contributed by atoms with Crippen LogP contribution in [0.15, 0.2) is 18.2 Å². The molecule has 0 atom stereocenters. The van der Waals surface area contributed by atoms with Crippen LogP contribution >= 0.6 is 0 Å². The molecular formula is C12H19FO2. The van der Waals surface area contributed by atoms with Gasteiger partial charge >= 0.3 is 0 Å². The van der Waals surface area contributed by atoms with Gasteiger partial charge < -0.3 is 9.84 Å². The van der Waals surface area contributed by atoms with Gasteiger partial charge in [-0.3, -0.25) is 0 Å². The Hall–Kier alpha value is -1.09. The second kappa shape index (κ2) is 8.24. The quantitative estimate of drug-likeness (QED) is 0.781.